The first-order valence-electron chi connectivity index (χ1n) is 7.99. The topological polar surface area (TPSA) is 20.3 Å². The molecule has 0 aliphatic carbocycles. The predicted molar refractivity (Wildman–Crippen MR) is 94.6 cm³/mol. The van der Waals surface area contributed by atoms with Crippen LogP contribution >= 0.6 is 0 Å². The van der Waals surface area contributed by atoms with E-state index in [0.29, 0.717) is 5.54 Å². The number of carbonyl (C=O) groups excluding carboxylic acids is 1. The standard InChI is InChI=1S/C18H31NOSi/c1-13(2)19(14(3)4)18(20)17-12-10-9-11-16(17)15(5)21(6,7)8/h9-15H,1-8H3. The van der Waals surface area contributed by atoms with Gasteiger partial charge in [-0.2, -0.15) is 0 Å². The summed E-state index contributed by atoms with van der Waals surface area (Å²) in [7, 11) is -1.34. The highest BCUT2D eigenvalue weighted by atomic mass is 28.3. The Kier molecular flexibility index (Phi) is 5.80. The van der Waals surface area contributed by atoms with Crippen LogP contribution in [-0.2, 0) is 0 Å². The summed E-state index contributed by atoms with van der Waals surface area (Å²) >= 11 is 0. The lowest BCUT2D eigenvalue weighted by molar-refractivity contribution is 0.0642. The van der Waals surface area contributed by atoms with Crippen molar-refractivity contribution in [2.75, 3.05) is 0 Å². The zero-order chi connectivity index (χ0) is 16.4. The smallest absolute Gasteiger partial charge is 0.254 e. The maximum atomic E-state index is 13.0. The van der Waals surface area contributed by atoms with Crippen molar-refractivity contribution in [3.8, 4) is 0 Å². The van der Waals surface area contributed by atoms with Gasteiger partial charge in [-0.25, -0.2) is 0 Å². The Balaban J connectivity index is 3.28. The number of carbonyl (C=O) groups is 1. The van der Waals surface area contributed by atoms with Gasteiger partial charge in [0, 0.05) is 17.6 Å². The quantitative estimate of drug-likeness (QED) is 0.707. The van der Waals surface area contributed by atoms with Crippen LogP contribution < -0.4 is 0 Å². The first kappa shape index (κ1) is 18.0. The molecule has 21 heavy (non-hydrogen) atoms. The van der Waals surface area contributed by atoms with Crippen LogP contribution in [0.15, 0.2) is 24.3 Å². The van der Waals surface area contributed by atoms with Crippen molar-refractivity contribution in [3.05, 3.63) is 35.4 Å². The summed E-state index contributed by atoms with van der Waals surface area (Å²) in [6.45, 7) is 17.7. The molecule has 1 aromatic carbocycles. The molecule has 0 spiro atoms. The SMILES string of the molecule is CC(C)N(C(=O)c1ccccc1C(C)[Si](C)(C)C)C(C)C. The molecule has 0 saturated carbocycles. The molecular weight excluding hydrogens is 274 g/mol. The third-order valence-electron chi connectivity index (χ3n) is 4.30. The number of hydrogen-bond donors (Lipinski definition) is 0. The van der Waals surface area contributed by atoms with Crippen molar-refractivity contribution in [3.63, 3.8) is 0 Å². The lowest BCUT2D eigenvalue weighted by atomic mass is 10.0. The summed E-state index contributed by atoms with van der Waals surface area (Å²) in [5.74, 6) is 0.167. The van der Waals surface area contributed by atoms with Crippen LogP contribution in [-0.4, -0.2) is 31.0 Å². The Labute approximate surface area is 131 Å². The highest BCUT2D eigenvalue weighted by molar-refractivity contribution is 6.77. The van der Waals surface area contributed by atoms with Crippen LogP contribution in [0.25, 0.3) is 0 Å². The fourth-order valence-electron chi connectivity index (χ4n) is 2.74. The van der Waals surface area contributed by atoms with Gasteiger partial charge in [-0.05, 0) is 44.9 Å². The van der Waals surface area contributed by atoms with E-state index in [1.807, 2.05) is 17.0 Å². The van der Waals surface area contributed by atoms with Gasteiger partial charge < -0.3 is 4.90 Å². The van der Waals surface area contributed by atoms with E-state index in [2.05, 4.69) is 66.4 Å². The van der Waals surface area contributed by atoms with E-state index in [4.69, 9.17) is 0 Å². The van der Waals surface area contributed by atoms with E-state index < -0.39 is 8.07 Å². The molecule has 1 unspecified atom stereocenters. The van der Waals surface area contributed by atoms with Crippen LogP contribution in [0.2, 0.25) is 19.6 Å². The second-order valence-corrected chi connectivity index (χ2v) is 13.2. The van der Waals surface area contributed by atoms with Crippen molar-refractivity contribution < 1.29 is 4.79 Å². The predicted octanol–water partition coefficient (Wildman–Crippen LogP) is 4.93. The minimum atomic E-state index is -1.34. The monoisotopic (exact) mass is 305 g/mol. The van der Waals surface area contributed by atoms with Crippen molar-refractivity contribution >= 4 is 14.0 Å². The lowest BCUT2D eigenvalue weighted by Crippen LogP contribution is -2.43. The van der Waals surface area contributed by atoms with Crippen molar-refractivity contribution in [2.45, 2.75) is 71.9 Å². The molecule has 0 saturated heterocycles. The Bertz CT molecular complexity index is 480. The van der Waals surface area contributed by atoms with Crippen molar-refractivity contribution in [1.29, 1.82) is 0 Å². The van der Waals surface area contributed by atoms with Crippen molar-refractivity contribution in [2.24, 2.45) is 0 Å². The summed E-state index contributed by atoms with van der Waals surface area (Å²) < 4.78 is 0. The fraction of sp³-hybridized carbons (Fsp3) is 0.611. The molecular formula is C18H31NOSi. The molecule has 2 nitrogen and oxygen atoms in total. The van der Waals surface area contributed by atoms with Crippen LogP contribution in [0.3, 0.4) is 0 Å². The summed E-state index contributed by atoms with van der Waals surface area (Å²) in [5, 5.41) is 0. The van der Waals surface area contributed by atoms with E-state index in [0.717, 1.165) is 5.56 Å². The highest BCUT2D eigenvalue weighted by Crippen LogP contribution is 2.30. The number of nitrogens with zero attached hydrogens (tertiary/aromatic N) is 1. The van der Waals surface area contributed by atoms with E-state index in [-0.39, 0.29) is 18.0 Å². The molecule has 0 bridgehead atoms. The van der Waals surface area contributed by atoms with Gasteiger partial charge in [0.15, 0.2) is 0 Å². The van der Waals surface area contributed by atoms with E-state index in [1.165, 1.54) is 5.56 Å². The van der Waals surface area contributed by atoms with Gasteiger partial charge in [0.05, 0.1) is 8.07 Å². The fourth-order valence-corrected chi connectivity index (χ4v) is 3.92. The second kappa shape index (κ2) is 6.78. The molecule has 118 valence electrons. The minimum Gasteiger partial charge on any atom is -0.334 e. The normalized spacial score (nSPS) is 13.6. The molecule has 0 fully saturated rings. The first-order chi connectivity index (χ1) is 9.57. The Morgan fingerprint density at radius 2 is 1.43 bits per heavy atom. The summed E-state index contributed by atoms with van der Waals surface area (Å²) in [5.41, 5.74) is 2.57. The highest BCUT2D eigenvalue weighted by Gasteiger charge is 2.29. The number of amides is 1. The van der Waals surface area contributed by atoms with E-state index in [1.54, 1.807) is 0 Å². The molecule has 0 aromatic heterocycles. The molecule has 1 amide bonds. The van der Waals surface area contributed by atoms with Gasteiger partial charge in [0.1, 0.15) is 0 Å². The summed E-state index contributed by atoms with van der Waals surface area (Å²) in [6.07, 6.45) is 0. The van der Waals surface area contributed by atoms with Crippen LogP contribution in [0.1, 0.15) is 56.1 Å². The van der Waals surface area contributed by atoms with Crippen LogP contribution in [0.5, 0.6) is 0 Å². The van der Waals surface area contributed by atoms with Gasteiger partial charge in [0.2, 0.25) is 0 Å². The molecule has 0 radical (unpaired) electrons. The second-order valence-electron chi connectivity index (χ2n) is 7.57. The van der Waals surface area contributed by atoms with Gasteiger partial charge in [-0.3, -0.25) is 4.79 Å². The van der Waals surface area contributed by atoms with Gasteiger partial charge in [0.25, 0.3) is 5.91 Å². The lowest BCUT2D eigenvalue weighted by Gasteiger charge is -2.33. The average Bonchev–Trinajstić information content (AvgIpc) is 2.35. The van der Waals surface area contributed by atoms with E-state index >= 15 is 0 Å². The van der Waals surface area contributed by atoms with E-state index in [9.17, 15) is 4.79 Å². The maximum Gasteiger partial charge on any atom is 0.254 e. The zero-order valence-electron chi connectivity index (χ0n) is 14.9. The zero-order valence-corrected chi connectivity index (χ0v) is 15.9. The number of benzene rings is 1. The van der Waals surface area contributed by atoms with Gasteiger partial charge in [-0.15, -0.1) is 0 Å². The largest absolute Gasteiger partial charge is 0.334 e. The minimum absolute atomic E-state index is 0.167. The Hall–Kier alpha value is -1.09. The Morgan fingerprint density at radius 3 is 1.86 bits per heavy atom. The maximum absolute atomic E-state index is 13.0. The molecule has 0 heterocycles. The van der Waals surface area contributed by atoms with Gasteiger partial charge >= 0.3 is 0 Å². The molecule has 1 atom stereocenters. The van der Waals surface area contributed by atoms with Gasteiger partial charge in [-0.1, -0.05) is 44.8 Å². The molecule has 0 N–H and O–H groups in total. The van der Waals surface area contributed by atoms with Crippen LogP contribution in [0.4, 0.5) is 0 Å². The summed E-state index contributed by atoms with van der Waals surface area (Å²) in [4.78, 5) is 15.0. The summed E-state index contributed by atoms with van der Waals surface area (Å²) in [6, 6.07) is 8.59. The van der Waals surface area contributed by atoms with Crippen LogP contribution in [0, 0.1) is 0 Å². The molecule has 0 aliphatic heterocycles. The molecule has 3 heteroatoms. The number of hydrogen-bond acceptors (Lipinski definition) is 1. The molecule has 1 aromatic rings. The molecule has 0 aliphatic rings. The third-order valence-corrected chi connectivity index (χ3v) is 7.21. The number of rotatable bonds is 5. The van der Waals surface area contributed by atoms with Crippen molar-refractivity contribution in [1.82, 2.24) is 4.90 Å². The first-order valence-corrected chi connectivity index (χ1v) is 11.6. The average molecular weight is 306 g/mol. The third kappa shape index (κ3) is 4.19. The Morgan fingerprint density at radius 1 is 0.952 bits per heavy atom. The molecule has 1 rings (SSSR count).